The van der Waals surface area contributed by atoms with Crippen LogP contribution in [0.2, 0.25) is 0 Å². The average Bonchev–Trinajstić information content (AvgIpc) is 1.98. The molecule has 0 saturated carbocycles. The Morgan fingerprint density at radius 1 is 1.91 bits per heavy atom. The van der Waals surface area contributed by atoms with Gasteiger partial charge in [-0.05, 0) is 6.92 Å². The first-order chi connectivity index (χ1) is 5.09. The molecule has 0 aromatic carbocycles. The average molecular weight is 157 g/mol. The van der Waals surface area contributed by atoms with E-state index in [0.29, 0.717) is 0 Å². The van der Waals surface area contributed by atoms with Crippen LogP contribution in [-0.4, -0.2) is 29.8 Å². The number of esters is 1. The smallest absolute Gasteiger partial charge is 0.326 e. The summed E-state index contributed by atoms with van der Waals surface area (Å²) < 4.78 is 4.45. The molecule has 0 aromatic rings. The highest BCUT2D eigenvalue weighted by Crippen LogP contribution is 1.91. The zero-order valence-electron chi connectivity index (χ0n) is 6.28. The third-order valence-electron chi connectivity index (χ3n) is 1.09. The van der Waals surface area contributed by atoms with Crippen LogP contribution in [0.1, 0.15) is 6.92 Å². The van der Waals surface area contributed by atoms with Gasteiger partial charge in [-0.2, -0.15) is 0 Å². The maximum Gasteiger partial charge on any atom is 0.326 e. The number of nitrogens with two attached hydrogens (primary N) is 1. The molecule has 0 aliphatic carbocycles. The van der Waals surface area contributed by atoms with E-state index in [1.165, 1.54) is 6.92 Å². The van der Waals surface area contributed by atoms with E-state index in [9.17, 15) is 4.79 Å². The maximum atomic E-state index is 10.7. The topological polar surface area (TPSA) is 72.5 Å². The van der Waals surface area contributed by atoms with Crippen molar-refractivity contribution >= 4 is 5.97 Å². The van der Waals surface area contributed by atoms with Crippen molar-refractivity contribution in [2.75, 3.05) is 6.61 Å². The van der Waals surface area contributed by atoms with Gasteiger partial charge in [-0.25, -0.2) is 0 Å². The lowest BCUT2D eigenvalue weighted by molar-refractivity contribution is -0.146. The third kappa shape index (κ3) is 3.61. The number of carbonyl (C=O) groups is 1. The Bertz CT molecular complexity index is 171. The fourth-order valence-corrected chi connectivity index (χ4v) is 0.406. The molecule has 0 aromatic heterocycles. The summed E-state index contributed by atoms with van der Waals surface area (Å²) >= 11 is 0. The molecular formula is C7H11NO3. The highest BCUT2D eigenvalue weighted by Gasteiger charge is 2.19. The van der Waals surface area contributed by atoms with E-state index in [1.54, 1.807) is 0 Å². The molecule has 0 rings (SSSR count). The molecule has 0 amide bonds. The predicted octanol–water partition coefficient (Wildman–Crippen LogP) is -1.13. The Labute approximate surface area is 65.3 Å². The molecule has 0 saturated heterocycles. The lowest BCUT2D eigenvalue weighted by Crippen LogP contribution is -2.41. The maximum absolute atomic E-state index is 10.7. The van der Waals surface area contributed by atoms with Crippen molar-refractivity contribution < 1.29 is 14.6 Å². The van der Waals surface area contributed by atoms with Gasteiger partial charge in [-0.15, -0.1) is 6.42 Å². The second-order valence-corrected chi connectivity index (χ2v) is 2.08. The van der Waals surface area contributed by atoms with Crippen molar-refractivity contribution in [1.82, 2.24) is 0 Å². The molecule has 0 aliphatic rings. The molecule has 4 nitrogen and oxygen atoms in total. The number of aliphatic hydroxyl groups is 1. The minimum atomic E-state index is -1.01. The fraction of sp³-hybridized carbons (Fsp3) is 0.571. The summed E-state index contributed by atoms with van der Waals surface area (Å²) in [5.74, 6) is 1.43. The monoisotopic (exact) mass is 157 g/mol. The number of aliphatic hydroxyl groups excluding tert-OH is 1. The van der Waals surface area contributed by atoms with Crippen LogP contribution in [0.3, 0.4) is 0 Å². The summed E-state index contributed by atoms with van der Waals surface area (Å²) in [6.07, 6.45) is 3.91. The molecule has 0 radical (unpaired) electrons. The zero-order valence-corrected chi connectivity index (χ0v) is 6.28. The van der Waals surface area contributed by atoms with Gasteiger partial charge in [-0.3, -0.25) is 4.79 Å². The Balaban J connectivity index is 3.76. The number of ether oxygens (including phenoxy) is 1. The lowest BCUT2D eigenvalue weighted by atomic mass is 10.2. The van der Waals surface area contributed by atoms with E-state index in [1.807, 2.05) is 0 Å². The van der Waals surface area contributed by atoms with Crippen LogP contribution in [-0.2, 0) is 9.53 Å². The van der Waals surface area contributed by atoms with Crippen LogP contribution in [0.4, 0.5) is 0 Å². The lowest BCUT2D eigenvalue weighted by Gasteiger charge is -2.11. The molecule has 62 valence electrons. The molecular weight excluding hydrogens is 146 g/mol. The van der Waals surface area contributed by atoms with Crippen LogP contribution < -0.4 is 5.73 Å². The van der Waals surface area contributed by atoms with E-state index in [2.05, 4.69) is 10.7 Å². The van der Waals surface area contributed by atoms with Crippen molar-refractivity contribution in [3.8, 4) is 12.3 Å². The van der Waals surface area contributed by atoms with Gasteiger partial charge in [0, 0.05) is 0 Å². The summed E-state index contributed by atoms with van der Waals surface area (Å²) in [6.45, 7) is 1.29. The Morgan fingerprint density at radius 3 is 2.82 bits per heavy atom. The van der Waals surface area contributed by atoms with E-state index in [-0.39, 0.29) is 6.61 Å². The predicted molar refractivity (Wildman–Crippen MR) is 39.4 cm³/mol. The van der Waals surface area contributed by atoms with Gasteiger partial charge in [0.2, 0.25) is 0 Å². The first-order valence-electron chi connectivity index (χ1n) is 3.13. The van der Waals surface area contributed by atoms with Gasteiger partial charge in [0.05, 0.1) is 6.10 Å². The summed E-state index contributed by atoms with van der Waals surface area (Å²) in [4.78, 5) is 10.7. The normalized spacial score (nSPS) is 14.7. The molecule has 2 atom stereocenters. The van der Waals surface area contributed by atoms with Crippen LogP contribution in [0, 0.1) is 12.3 Å². The van der Waals surface area contributed by atoms with E-state index in [4.69, 9.17) is 17.3 Å². The minimum Gasteiger partial charge on any atom is -0.451 e. The fourth-order valence-electron chi connectivity index (χ4n) is 0.406. The highest BCUT2D eigenvalue weighted by molar-refractivity contribution is 5.76. The molecule has 0 unspecified atom stereocenters. The standard InChI is InChI=1S/C7H11NO3/c1-3-4-11-7(10)6(8)5(2)9/h1,5-6,9H,4,8H2,2H3/t5-,6-/m1/s1. The van der Waals surface area contributed by atoms with Crippen molar-refractivity contribution in [2.45, 2.75) is 19.1 Å². The second kappa shape index (κ2) is 4.72. The quantitative estimate of drug-likeness (QED) is 0.401. The van der Waals surface area contributed by atoms with Crippen LogP contribution in [0.25, 0.3) is 0 Å². The summed E-state index contributed by atoms with van der Waals surface area (Å²) in [5.41, 5.74) is 5.21. The van der Waals surface area contributed by atoms with Crippen LogP contribution in [0.15, 0.2) is 0 Å². The highest BCUT2D eigenvalue weighted by atomic mass is 16.5. The number of carbonyl (C=O) groups excluding carboxylic acids is 1. The molecule has 0 heterocycles. The van der Waals surface area contributed by atoms with Crippen molar-refractivity contribution in [2.24, 2.45) is 5.73 Å². The molecule has 0 aliphatic heterocycles. The molecule has 11 heavy (non-hydrogen) atoms. The first-order valence-corrected chi connectivity index (χ1v) is 3.13. The number of hydrogen-bond donors (Lipinski definition) is 2. The van der Waals surface area contributed by atoms with Crippen molar-refractivity contribution in [3.63, 3.8) is 0 Å². The van der Waals surface area contributed by atoms with Gasteiger partial charge < -0.3 is 15.6 Å². The molecule has 0 spiro atoms. The van der Waals surface area contributed by atoms with E-state index >= 15 is 0 Å². The van der Waals surface area contributed by atoms with E-state index < -0.39 is 18.1 Å². The van der Waals surface area contributed by atoms with Gasteiger partial charge in [0.25, 0.3) is 0 Å². The van der Waals surface area contributed by atoms with Crippen LogP contribution in [0.5, 0.6) is 0 Å². The summed E-state index contributed by atoms with van der Waals surface area (Å²) in [6, 6.07) is -1.01. The molecule has 3 N–H and O–H groups in total. The second-order valence-electron chi connectivity index (χ2n) is 2.08. The van der Waals surface area contributed by atoms with Crippen molar-refractivity contribution in [1.29, 1.82) is 0 Å². The van der Waals surface area contributed by atoms with Gasteiger partial charge in [0.15, 0.2) is 6.61 Å². The SMILES string of the molecule is C#CCOC(=O)[C@H](N)[C@@H](C)O. The third-order valence-corrected chi connectivity index (χ3v) is 1.09. The Morgan fingerprint density at radius 2 is 2.45 bits per heavy atom. The number of rotatable bonds is 3. The van der Waals surface area contributed by atoms with Crippen molar-refractivity contribution in [3.05, 3.63) is 0 Å². The zero-order chi connectivity index (χ0) is 8.85. The Kier molecular flexibility index (Phi) is 4.27. The van der Waals surface area contributed by atoms with E-state index in [0.717, 1.165) is 0 Å². The Hall–Kier alpha value is -1.05. The summed E-state index contributed by atoms with van der Waals surface area (Å²) in [7, 11) is 0. The summed E-state index contributed by atoms with van der Waals surface area (Å²) in [5, 5.41) is 8.81. The molecule has 4 heteroatoms. The molecule has 0 bridgehead atoms. The minimum absolute atomic E-state index is 0.112. The van der Waals surface area contributed by atoms with Gasteiger partial charge in [0.1, 0.15) is 6.04 Å². The van der Waals surface area contributed by atoms with Crippen LogP contribution >= 0.6 is 0 Å². The number of terminal acetylenes is 1. The molecule has 0 fully saturated rings. The van der Waals surface area contributed by atoms with Gasteiger partial charge >= 0.3 is 5.97 Å². The van der Waals surface area contributed by atoms with Gasteiger partial charge in [-0.1, -0.05) is 5.92 Å². The largest absolute Gasteiger partial charge is 0.451 e. The number of hydrogen-bond acceptors (Lipinski definition) is 4. The first kappa shape index (κ1) is 9.95.